The SMILES string of the molecule is CCNc1cc(OCC)ccc1/C(C#N)=C/c1ccc(NS(C)=O)cc1. The van der Waals surface area contributed by atoms with Crippen LogP contribution in [0.4, 0.5) is 11.4 Å². The van der Waals surface area contributed by atoms with E-state index in [4.69, 9.17) is 4.74 Å². The Balaban J connectivity index is 2.36. The van der Waals surface area contributed by atoms with Crippen LogP contribution in [0, 0.1) is 11.3 Å². The second kappa shape index (κ2) is 9.64. The van der Waals surface area contributed by atoms with E-state index < -0.39 is 11.0 Å². The lowest BCUT2D eigenvalue weighted by Gasteiger charge is -2.13. The molecule has 2 rings (SSSR count). The zero-order valence-electron chi connectivity index (χ0n) is 15.2. The first kappa shape index (κ1) is 19.5. The highest BCUT2D eigenvalue weighted by Gasteiger charge is 2.09. The summed E-state index contributed by atoms with van der Waals surface area (Å²) in [6.45, 7) is 5.29. The smallest absolute Gasteiger partial charge is 0.121 e. The highest BCUT2D eigenvalue weighted by molar-refractivity contribution is 7.85. The second-order valence-electron chi connectivity index (χ2n) is 5.52. The van der Waals surface area contributed by atoms with Gasteiger partial charge >= 0.3 is 0 Å². The third-order valence-electron chi connectivity index (χ3n) is 3.56. The van der Waals surface area contributed by atoms with E-state index in [0.717, 1.165) is 34.8 Å². The van der Waals surface area contributed by atoms with Crippen LogP contribution in [-0.2, 0) is 11.0 Å². The molecule has 6 heteroatoms. The Labute approximate surface area is 157 Å². The molecule has 0 amide bonds. The maximum absolute atomic E-state index is 11.2. The molecule has 0 saturated heterocycles. The first-order valence-electron chi connectivity index (χ1n) is 8.40. The molecule has 5 nitrogen and oxygen atoms in total. The topological polar surface area (TPSA) is 74.2 Å². The summed E-state index contributed by atoms with van der Waals surface area (Å²) < 4.78 is 19.6. The van der Waals surface area contributed by atoms with Gasteiger partial charge in [-0.25, -0.2) is 4.21 Å². The Bertz CT molecular complexity index is 839. The second-order valence-corrected chi connectivity index (χ2v) is 6.63. The van der Waals surface area contributed by atoms with Crippen LogP contribution >= 0.6 is 0 Å². The van der Waals surface area contributed by atoms with Gasteiger partial charge in [-0.1, -0.05) is 12.1 Å². The number of anilines is 2. The summed E-state index contributed by atoms with van der Waals surface area (Å²) in [5.41, 5.74) is 3.92. The zero-order valence-corrected chi connectivity index (χ0v) is 16.0. The number of nitrogens with zero attached hydrogens (tertiary/aromatic N) is 1. The van der Waals surface area contributed by atoms with Crippen molar-refractivity contribution >= 4 is 34.0 Å². The van der Waals surface area contributed by atoms with Crippen LogP contribution in [0.25, 0.3) is 11.6 Å². The molecule has 26 heavy (non-hydrogen) atoms. The monoisotopic (exact) mass is 369 g/mol. The van der Waals surface area contributed by atoms with Crippen molar-refractivity contribution in [3.63, 3.8) is 0 Å². The lowest BCUT2D eigenvalue weighted by Crippen LogP contribution is -2.02. The number of rotatable bonds is 8. The van der Waals surface area contributed by atoms with E-state index in [1.165, 1.54) is 0 Å². The number of ether oxygens (including phenoxy) is 1. The number of nitriles is 1. The molecule has 0 saturated carbocycles. The van der Waals surface area contributed by atoms with Gasteiger partial charge in [-0.05, 0) is 49.8 Å². The molecule has 0 heterocycles. The van der Waals surface area contributed by atoms with Gasteiger partial charge in [0.05, 0.1) is 18.2 Å². The molecule has 2 aromatic carbocycles. The third kappa shape index (κ3) is 5.36. The molecule has 0 aliphatic carbocycles. The van der Waals surface area contributed by atoms with Gasteiger partial charge in [0.15, 0.2) is 0 Å². The standard InChI is InChI=1S/C20H23N3O2S/c1-4-22-20-13-18(25-5-2)10-11-19(20)16(14-21)12-15-6-8-17(9-7-15)23-26(3)24/h6-13,22-23H,4-5H2,1-3H3/b16-12+. The van der Waals surface area contributed by atoms with E-state index in [0.29, 0.717) is 12.2 Å². The maximum atomic E-state index is 11.2. The summed E-state index contributed by atoms with van der Waals surface area (Å²) in [6, 6.07) is 15.4. The minimum Gasteiger partial charge on any atom is -0.494 e. The highest BCUT2D eigenvalue weighted by Crippen LogP contribution is 2.29. The summed E-state index contributed by atoms with van der Waals surface area (Å²) in [6.07, 6.45) is 3.42. The Hall–Kier alpha value is -2.78. The number of nitrogens with one attached hydrogen (secondary N) is 2. The van der Waals surface area contributed by atoms with Gasteiger partial charge in [0.2, 0.25) is 0 Å². The van der Waals surface area contributed by atoms with Gasteiger partial charge < -0.3 is 14.8 Å². The number of benzene rings is 2. The van der Waals surface area contributed by atoms with E-state index in [9.17, 15) is 9.47 Å². The Kier molecular flexibility index (Phi) is 7.24. The van der Waals surface area contributed by atoms with Crippen molar-refractivity contribution in [3.8, 4) is 11.8 Å². The summed E-state index contributed by atoms with van der Waals surface area (Å²) in [4.78, 5) is 0. The third-order valence-corrected chi connectivity index (χ3v) is 4.09. The minimum absolute atomic E-state index is 0.559. The molecule has 0 bridgehead atoms. The fraction of sp³-hybridized carbons (Fsp3) is 0.250. The van der Waals surface area contributed by atoms with Gasteiger partial charge in [-0.15, -0.1) is 0 Å². The van der Waals surface area contributed by atoms with Crippen molar-refractivity contribution in [2.75, 3.05) is 29.4 Å². The molecule has 0 aliphatic heterocycles. The van der Waals surface area contributed by atoms with Crippen LogP contribution in [0.15, 0.2) is 42.5 Å². The number of allylic oxidation sites excluding steroid dienone is 1. The molecule has 136 valence electrons. The van der Waals surface area contributed by atoms with Crippen LogP contribution in [0.2, 0.25) is 0 Å². The molecule has 0 spiro atoms. The predicted molar refractivity (Wildman–Crippen MR) is 109 cm³/mol. The highest BCUT2D eigenvalue weighted by atomic mass is 32.2. The molecule has 0 radical (unpaired) electrons. The first-order valence-corrected chi connectivity index (χ1v) is 9.96. The molecule has 0 aliphatic rings. The van der Waals surface area contributed by atoms with Crippen molar-refractivity contribution in [1.29, 1.82) is 5.26 Å². The fourth-order valence-electron chi connectivity index (χ4n) is 2.50. The predicted octanol–water partition coefficient (Wildman–Crippen LogP) is 4.29. The number of hydrogen-bond acceptors (Lipinski definition) is 4. The van der Waals surface area contributed by atoms with Gasteiger partial charge in [0, 0.05) is 35.8 Å². The molecular formula is C20H23N3O2S. The average Bonchev–Trinajstić information content (AvgIpc) is 2.62. The van der Waals surface area contributed by atoms with Crippen molar-refractivity contribution in [1.82, 2.24) is 0 Å². The largest absolute Gasteiger partial charge is 0.494 e. The van der Waals surface area contributed by atoms with Gasteiger partial charge in [0.25, 0.3) is 0 Å². The summed E-state index contributed by atoms with van der Waals surface area (Å²) in [7, 11) is -1.11. The summed E-state index contributed by atoms with van der Waals surface area (Å²) >= 11 is 0. The van der Waals surface area contributed by atoms with E-state index in [1.807, 2.05) is 62.4 Å². The van der Waals surface area contributed by atoms with Crippen LogP contribution in [0.5, 0.6) is 5.75 Å². The van der Waals surface area contributed by atoms with Crippen molar-refractivity contribution in [3.05, 3.63) is 53.6 Å². The lowest BCUT2D eigenvalue weighted by molar-refractivity contribution is 0.340. The minimum atomic E-state index is -1.11. The Morgan fingerprint density at radius 1 is 1.23 bits per heavy atom. The first-order chi connectivity index (χ1) is 12.6. The summed E-state index contributed by atoms with van der Waals surface area (Å²) in [5, 5.41) is 12.9. The average molecular weight is 369 g/mol. The Morgan fingerprint density at radius 3 is 2.54 bits per heavy atom. The van der Waals surface area contributed by atoms with Crippen molar-refractivity contribution < 1.29 is 8.95 Å². The molecule has 0 aromatic heterocycles. The van der Waals surface area contributed by atoms with E-state index in [1.54, 1.807) is 6.26 Å². The van der Waals surface area contributed by atoms with Crippen molar-refractivity contribution in [2.24, 2.45) is 0 Å². The van der Waals surface area contributed by atoms with Crippen molar-refractivity contribution in [2.45, 2.75) is 13.8 Å². The normalized spacial score (nSPS) is 12.2. The number of hydrogen-bond donors (Lipinski definition) is 2. The van der Waals surface area contributed by atoms with Crippen LogP contribution < -0.4 is 14.8 Å². The molecule has 1 atom stereocenters. The van der Waals surface area contributed by atoms with Crippen LogP contribution in [0.1, 0.15) is 25.0 Å². The van der Waals surface area contributed by atoms with E-state index in [2.05, 4.69) is 16.1 Å². The van der Waals surface area contributed by atoms with Gasteiger partial charge in [-0.2, -0.15) is 5.26 Å². The van der Waals surface area contributed by atoms with E-state index >= 15 is 0 Å². The molecule has 2 N–H and O–H groups in total. The van der Waals surface area contributed by atoms with Crippen LogP contribution in [0.3, 0.4) is 0 Å². The molecular weight excluding hydrogens is 346 g/mol. The molecule has 0 fully saturated rings. The van der Waals surface area contributed by atoms with Gasteiger partial charge in [-0.3, -0.25) is 0 Å². The lowest BCUT2D eigenvalue weighted by atomic mass is 10.0. The van der Waals surface area contributed by atoms with Crippen LogP contribution in [-0.4, -0.2) is 23.6 Å². The fourth-order valence-corrected chi connectivity index (χ4v) is 2.97. The van der Waals surface area contributed by atoms with Gasteiger partial charge in [0.1, 0.15) is 16.7 Å². The summed E-state index contributed by atoms with van der Waals surface area (Å²) in [5.74, 6) is 0.771. The Morgan fingerprint density at radius 2 is 1.96 bits per heavy atom. The molecule has 2 aromatic rings. The quantitative estimate of drug-likeness (QED) is 0.538. The molecule has 1 unspecified atom stereocenters. The van der Waals surface area contributed by atoms with E-state index in [-0.39, 0.29) is 0 Å². The zero-order chi connectivity index (χ0) is 18.9. The maximum Gasteiger partial charge on any atom is 0.121 e.